The standard InChI is InChI=1S/C19H28N4OS.HI/c1-14-18(25-15(2)23-14)13-22-19(20-3)21-12-6-5-7-16-8-10-17(24-4)11-9-16;/h8-11H,5-7,12-13H2,1-4H3,(H2,20,21,22);1H. The summed E-state index contributed by atoms with van der Waals surface area (Å²) in [4.78, 5) is 9.99. The molecule has 5 nitrogen and oxygen atoms in total. The summed E-state index contributed by atoms with van der Waals surface area (Å²) < 4.78 is 5.18. The predicted molar refractivity (Wildman–Crippen MR) is 121 cm³/mol. The maximum absolute atomic E-state index is 5.18. The van der Waals surface area contributed by atoms with Gasteiger partial charge in [-0.1, -0.05) is 12.1 Å². The highest BCUT2D eigenvalue weighted by Gasteiger charge is 2.05. The van der Waals surface area contributed by atoms with Crippen LogP contribution in [0.1, 0.15) is 34.0 Å². The zero-order chi connectivity index (χ0) is 18.1. The number of nitrogens with zero attached hydrogens (tertiary/aromatic N) is 2. The van der Waals surface area contributed by atoms with Crippen molar-refractivity contribution in [3.8, 4) is 5.75 Å². The van der Waals surface area contributed by atoms with Gasteiger partial charge in [-0.3, -0.25) is 4.99 Å². The van der Waals surface area contributed by atoms with Gasteiger partial charge in [0.2, 0.25) is 0 Å². The van der Waals surface area contributed by atoms with E-state index in [1.54, 1.807) is 25.5 Å². The lowest BCUT2D eigenvalue weighted by atomic mass is 10.1. The predicted octanol–water partition coefficient (Wildman–Crippen LogP) is 4.07. The van der Waals surface area contributed by atoms with Gasteiger partial charge in [0.25, 0.3) is 0 Å². The molecule has 0 amide bonds. The number of rotatable bonds is 8. The van der Waals surface area contributed by atoms with Crippen LogP contribution in [0.3, 0.4) is 0 Å². The van der Waals surface area contributed by atoms with Crippen LogP contribution in [0.25, 0.3) is 0 Å². The van der Waals surface area contributed by atoms with Crippen LogP contribution in [0.5, 0.6) is 5.75 Å². The molecule has 0 aliphatic carbocycles. The van der Waals surface area contributed by atoms with Crippen molar-refractivity contribution in [2.45, 2.75) is 39.7 Å². The van der Waals surface area contributed by atoms with Crippen molar-refractivity contribution in [3.05, 3.63) is 45.4 Å². The van der Waals surface area contributed by atoms with Crippen molar-refractivity contribution >= 4 is 41.3 Å². The van der Waals surface area contributed by atoms with Crippen LogP contribution in [0.4, 0.5) is 0 Å². The number of aliphatic imine (C=N–C) groups is 1. The molecule has 1 heterocycles. The topological polar surface area (TPSA) is 58.5 Å². The van der Waals surface area contributed by atoms with E-state index in [1.807, 2.05) is 19.1 Å². The van der Waals surface area contributed by atoms with Crippen molar-refractivity contribution in [1.82, 2.24) is 15.6 Å². The van der Waals surface area contributed by atoms with Crippen LogP contribution < -0.4 is 15.4 Å². The summed E-state index contributed by atoms with van der Waals surface area (Å²) in [6, 6.07) is 8.29. The SMILES string of the molecule is CN=C(NCCCCc1ccc(OC)cc1)NCc1sc(C)nc1C.I. The highest BCUT2D eigenvalue weighted by molar-refractivity contribution is 14.0. The molecule has 0 aliphatic heterocycles. The average molecular weight is 488 g/mol. The number of hydrogen-bond acceptors (Lipinski definition) is 4. The van der Waals surface area contributed by atoms with Crippen LogP contribution >= 0.6 is 35.3 Å². The van der Waals surface area contributed by atoms with Gasteiger partial charge < -0.3 is 15.4 Å². The molecule has 0 atom stereocenters. The minimum atomic E-state index is 0. The lowest BCUT2D eigenvalue weighted by Gasteiger charge is -2.11. The Balaban J connectivity index is 0.00000338. The minimum Gasteiger partial charge on any atom is -0.497 e. The van der Waals surface area contributed by atoms with Gasteiger partial charge in [-0.05, 0) is 50.8 Å². The van der Waals surface area contributed by atoms with E-state index in [2.05, 4.69) is 39.7 Å². The number of aryl methyl sites for hydroxylation is 3. The number of unbranched alkanes of at least 4 members (excludes halogenated alkanes) is 1. The highest BCUT2D eigenvalue weighted by atomic mass is 127. The van der Waals surface area contributed by atoms with Crippen molar-refractivity contribution in [2.24, 2.45) is 4.99 Å². The summed E-state index contributed by atoms with van der Waals surface area (Å²) in [5, 5.41) is 7.84. The van der Waals surface area contributed by atoms with E-state index < -0.39 is 0 Å². The van der Waals surface area contributed by atoms with E-state index >= 15 is 0 Å². The van der Waals surface area contributed by atoms with E-state index in [4.69, 9.17) is 4.74 Å². The van der Waals surface area contributed by atoms with Crippen LogP contribution in [-0.4, -0.2) is 31.6 Å². The normalized spacial score (nSPS) is 11.0. The van der Waals surface area contributed by atoms with Gasteiger partial charge in [-0.2, -0.15) is 0 Å². The Labute approximate surface area is 177 Å². The van der Waals surface area contributed by atoms with E-state index in [0.717, 1.165) is 54.8 Å². The smallest absolute Gasteiger partial charge is 0.191 e. The molecule has 2 rings (SSSR count). The number of ether oxygens (including phenoxy) is 1. The third kappa shape index (κ3) is 7.49. The summed E-state index contributed by atoms with van der Waals surface area (Å²) in [5.41, 5.74) is 2.45. The second-order valence-corrected chi connectivity index (χ2v) is 7.19. The van der Waals surface area contributed by atoms with Gasteiger partial charge in [0.1, 0.15) is 5.75 Å². The van der Waals surface area contributed by atoms with E-state index in [-0.39, 0.29) is 24.0 Å². The van der Waals surface area contributed by atoms with Crippen molar-refractivity contribution in [1.29, 1.82) is 0 Å². The largest absolute Gasteiger partial charge is 0.497 e. The fourth-order valence-electron chi connectivity index (χ4n) is 2.58. The minimum absolute atomic E-state index is 0. The number of thiazole rings is 1. The first-order valence-corrected chi connectivity index (χ1v) is 9.44. The number of nitrogens with one attached hydrogen (secondary N) is 2. The Bertz CT molecular complexity index is 685. The molecule has 26 heavy (non-hydrogen) atoms. The summed E-state index contributed by atoms with van der Waals surface area (Å²) in [6.45, 7) is 5.77. The molecule has 2 N–H and O–H groups in total. The Morgan fingerprint density at radius 3 is 2.46 bits per heavy atom. The molecule has 0 unspecified atom stereocenters. The fourth-order valence-corrected chi connectivity index (χ4v) is 3.45. The van der Waals surface area contributed by atoms with Crippen LogP contribution in [0, 0.1) is 13.8 Å². The third-order valence-electron chi connectivity index (χ3n) is 3.98. The first-order chi connectivity index (χ1) is 12.1. The summed E-state index contributed by atoms with van der Waals surface area (Å²) in [5.74, 6) is 1.75. The molecule has 0 saturated carbocycles. The number of aromatic nitrogens is 1. The molecule has 0 fully saturated rings. The fraction of sp³-hybridized carbons (Fsp3) is 0.474. The molecule has 2 aromatic rings. The first kappa shape index (κ1) is 22.7. The lowest BCUT2D eigenvalue weighted by Crippen LogP contribution is -2.37. The second kappa shape index (κ2) is 12.1. The number of benzene rings is 1. The van der Waals surface area contributed by atoms with Gasteiger partial charge in [0, 0.05) is 18.5 Å². The zero-order valence-electron chi connectivity index (χ0n) is 16.0. The molecular formula is C19H29IN4OS. The molecule has 7 heteroatoms. The molecule has 1 aromatic carbocycles. The quantitative estimate of drug-likeness (QED) is 0.255. The molecule has 0 aliphatic rings. The summed E-state index contributed by atoms with van der Waals surface area (Å²) >= 11 is 1.73. The monoisotopic (exact) mass is 488 g/mol. The van der Waals surface area contributed by atoms with E-state index in [1.165, 1.54) is 10.4 Å². The number of guanidine groups is 1. The summed E-state index contributed by atoms with van der Waals surface area (Å²) in [6.07, 6.45) is 3.33. The molecule has 0 saturated heterocycles. The lowest BCUT2D eigenvalue weighted by molar-refractivity contribution is 0.414. The van der Waals surface area contributed by atoms with Crippen molar-refractivity contribution < 1.29 is 4.74 Å². The molecule has 0 radical (unpaired) electrons. The number of hydrogen-bond donors (Lipinski definition) is 2. The molecular weight excluding hydrogens is 459 g/mol. The Morgan fingerprint density at radius 2 is 1.88 bits per heavy atom. The van der Waals surface area contributed by atoms with Crippen LogP contribution in [0.2, 0.25) is 0 Å². The molecule has 1 aromatic heterocycles. The van der Waals surface area contributed by atoms with E-state index in [0.29, 0.717) is 0 Å². The third-order valence-corrected chi connectivity index (χ3v) is 5.06. The molecule has 0 bridgehead atoms. The van der Waals surface area contributed by atoms with Crippen LogP contribution in [-0.2, 0) is 13.0 Å². The Kier molecular flexibility index (Phi) is 10.6. The molecule has 144 valence electrons. The van der Waals surface area contributed by atoms with Gasteiger partial charge in [-0.15, -0.1) is 35.3 Å². The number of methoxy groups -OCH3 is 1. The first-order valence-electron chi connectivity index (χ1n) is 8.62. The Morgan fingerprint density at radius 1 is 1.15 bits per heavy atom. The number of halogens is 1. The second-order valence-electron chi connectivity index (χ2n) is 5.90. The highest BCUT2D eigenvalue weighted by Crippen LogP contribution is 2.16. The van der Waals surface area contributed by atoms with Crippen molar-refractivity contribution in [3.63, 3.8) is 0 Å². The van der Waals surface area contributed by atoms with Gasteiger partial charge in [-0.25, -0.2) is 4.98 Å². The maximum atomic E-state index is 5.18. The zero-order valence-corrected chi connectivity index (χ0v) is 19.1. The Hall–Kier alpha value is -1.35. The van der Waals surface area contributed by atoms with Crippen LogP contribution in [0.15, 0.2) is 29.3 Å². The van der Waals surface area contributed by atoms with Gasteiger partial charge >= 0.3 is 0 Å². The van der Waals surface area contributed by atoms with E-state index in [9.17, 15) is 0 Å². The van der Waals surface area contributed by atoms with Gasteiger partial charge in [0.05, 0.1) is 24.4 Å². The summed E-state index contributed by atoms with van der Waals surface area (Å²) in [7, 11) is 3.50. The molecule has 0 spiro atoms. The van der Waals surface area contributed by atoms with Crippen molar-refractivity contribution in [2.75, 3.05) is 20.7 Å². The maximum Gasteiger partial charge on any atom is 0.191 e. The average Bonchev–Trinajstić information content (AvgIpc) is 2.95. The van der Waals surface area contributed by atoms with Gasteiger partial charge in [0.15, 0.2) is 5.96 Å².